The molecule has 1 saturated heterocycles. The normalized spacial score (nSPS) is 20.0. The smallest absolute Gasteiger partial charge is 0.220 e. The van der Waals surface area contributed by atoms with Crippen LogP contribution in [0.15, 0.2) is 42.5 Å². The molecule has 1 aliphatic rings. The van der Waals surface area contributed by atoms with Crippen LogP contribution in [0, 0.1) is 17.5 Å². The van der Waals surface area contributed by atoms with E-state index in [2.05, 4.69) is 10.6 Å². The van der Waals surface area contributed by atoms with E-state index in [1.54, 1.807) is 18.2 Å². The molecule has 2 atom stereocenters. The Hall–Kier alpha value is -2.34. The van der Waals surface area contributed by atoms with E-state index in [9.17, 15) is 18.0 Å². The molecule has 3 nitrogen and oxygen atoms in total. The van der Waals surface area contributed by atoms with Gasteiger partial charge in [0.15, 0.2) is 11.6 Å². The highest BCUT2D eigenvalue weighted by Crippen LogP contribution is 2.27. The molecule has 2 aromatic carbocycles. The van der Waals surface area contributed by atoms with Gasteiger partial charge in [0.05, 0.1) is 0 Å². The van der Waals surface area contributed by atoms with Crippen LogP contribution in [0.3, 0.4) is 0 Å². The van der Waals surface area contributed by atoms with Gasteiger partial charge in [0, 0.05) is 24.9 Å². The molecule has 1 heterocycles. The predicted octanol–water partition coefficient (Wildman–Crippen LogP) is 3.30. The minimum Gasteiger partial charge on any atom is -0.351 e. The van der Waals surface area contributed by atoms with Crippen LogP contribution in [-0.2, 0) is 11.2 Å². The SMILES string of the molecule is O=C(CCc1ccc(F)cc1)NC1CNCCC1c1ccc(F)c(F)c1. The van der Waals surface area contributed by atoms with Gasteiger partial charge in [0.2, 0.25) is 5.91 Å². The third kappa shape index (κ3) is 4.64. The van der Waals surface area contributed by atoms with Gasteiger partial charge in [-0.25, -0.2) is 13.2 Å². The summed E-state index contributed by atoms with van der Waals surface area (Å²) in [6.07, 6.45) is 1.53. The van der Waals surface area contributed by atoms with Gasteiger partial charge in [-0.3, -0.25) is 4.79 Å². The molecule has 1 aliphatic heterocycles. The molecule has 26 heavy (non-hydrogen) atoms. The average molecular weight is 362 g/mol. The predicted molar refractivity (Wildman–Crippen MR) is 93.2 cm³/mol. The fraction of sp³-hybridized carbons (Fsp3) is 0.350. The van der Waals surface area contributed by atoms with E-state index in [0.29, 0.717) is 18.5 Å². The van der Waals surface area contributed by atoms with Crippen LogP contribution in [-0.4, -0.2) is 25.0 Å². The lowest BCUT2D eigenvalue weighted by atomic mass is 9.86. The summed E-state index contributed by atoms with van der Waals surface area (Å²) in [5.74, 6) is -2.23. The highest BCUT2D eigenvalue weighted by molar-refractivity contribution is 5.76. The maximum Gasteiger partial charge on any atom is 0.220 e. The molecule has 6 heteroatoms. The second-order valence-electron chi connectivity index (χ2n) is 6.57. The zero-order chi connectivity index (χ0) is 18.5. The van der Waals surface area contributed by atoms with E-state index in [4.69, 9.17) is 0 Å². The molecule has 1 amide bonds. The maximum atomic E-state index is 13.6. The molecule has 1 fully saturated rings. The Morgan fingerprint density at radius 1 is 1.08 bits per heavy atom. The average Bonchev–Trinajstić information content (AvgIpc) is 2.64. The van der Waals surface area contributed by atoms with E-state index in [-0.39, 0.29) is 30.1 Å². The van der Waals surface area contributed by atoms with E-state index in [1.165, 1.54) is 18.2 Å². The molecule has 0 radical (unpaired) electrons. The van der Waals surface area contributed by atoms with Crippen LogP contribution in [0.1, 0.15) is 29.9 Å². The van der Waals surface area contributed by atoms with Crippen molar-refractivity contribution < 1.29 is 18.0 Å². The number of halogens is 3. The molecule has 0 spiro atoms. The van der Waals surface area contributed by atoms with Gasteiger partial charge >= 0.3 is 0 Å². The summed E-state index contributed by atoms with van der Waals surface area (Å²) in [7, 11) is 0. The van der Waals surface area contributed by atoms with E-state index in [1.807, 2.05) is 0 Å². The zero-order valence-corrected chi connectivity index (χ0v) is 14.3. The molecular weight excluding hydrogens is 341 g/mol. The number of aryl methyl sites for hydroxylation is 1. The summed E-state index contributed by atoms with van der Waals surface area (Å²) in [6.45, 7) is 1.33. The summed E-state index contributed by atoms with van der Waals surface area (Å²) in [5, 5.41) is 6.21. The number of hydrogen-bond donors (Lipinski definition) is 2. The van der Waals surface area contributed by atoms with Crippen LogP contribution >= 0.6 is 0 Å². The summed E-state index contributed by atoms with van der Waals surface area (Å²) in [6, 6.07) is 9.79. The second kappa shape index (κ2) is 8.36. The summed E-state index contributed by atoms with van der Waals surface area (Å²) < 4.78 is 39.7. The van der Waals surface area contributed by atoms with Crippen molar-refractivity contribution in [3.05, 3.63) is 71.0 Å². The van der Waals surface area contributed by atoms with Crippen LogP contribution in [0.5, 0.6) is 0 Å². The van der Waals surface area contributed by atoms with Crippen LogP contribution < -0.4 is 10.6 Å². The van der Waals surface area contributed by atoms with Gasteiger partial charge < -0.3 is 10.6 Å². The standard InChI is InChI=1S/C20H21F3N2O/c21-15-5-1-13(2-6-15)3-8-20(26)25-19-12-24-10-9-16(19)14-4-7-17(22)18(23)11-14/h1-2,4-7,11,16,19,24H,3,8-10,12H2,(H,25,26). The molecule has 0 saturated carbocycles. The highest BCUT2D eigenvalue weighted by Gasteiger charge is 2.28. The lowest BCUT2D eigenvalue weighted by Gasteiger charge is -2.33. The Labute approximate surface area is 150 Å². The van der Waals surface area contributed by atoms with E-state index >= 15 is 0 Å². The van der Waals surface area contributed by atoms with Crippen LogP contribution in [0.4, 0.5) is 13.2 Å². The molecule has 0 aromatic heterocycles. The minimum atomic E-state index is -0.873. The number of hydrogen-bond acceptors (Lipinski definition) is 2. The number of nitrogens with one attached hydrogen (secondary N) is 2. The van der Waals surface area contributed by atoms with Crippen LogP contribution in [0.25, 0.3) is 0 Å². The van der Waals surface area contributed by atoms with Crippen LogP contribution in [0.2, 0.25) is 0 Å². The number of rotatable bonds is 5. The number of carbonyl (C=O) groups excluding carboxylic acids is 1. The van der Waals surface area contributed by atoms with Gasteiger partial charge in [-0.15, -0.1) is 0 Å². The van der Waals surface area contributed by atoms with Gasteiger partial charge in [-0.2, -0.15) is 0 Å². The largest absolute Gasteiger partial charge is 0.351 e. The van der Waals surface area contributed by atoms with Crippen molar-refractivity contribution in [1.29, 1.82) is 0 Å². The fourth-order valence-corrected chi connectivity index (χ4v) is 3.34. The lowest BCUT2D eigenvalue weighted by molar-refractivity contribution is -0.122. The van der Waals surface area contributed by atoms with Crippen molar-refractivity contribution in [2.75, 3.05) is 13.1 Å². The number of benzene rings is 2. The Morgan fingerprint density at radius 3 is 2.58 bits per heavy atom. The summed E-state index contributed by atoms with van der Waals surface area (Å²) in [4.78, 5) is 12.3. The van der Waals surface area contributed by atoms with Crippen molar-refractivity contribution >= 4 is 5.91 Å². The van der Waals surface area contributed by atoms with Gasteiger partial charge in [-0.1, -0.05) is 18.2 Å². The van der Waals surface area contributed by atoms with Crippen molar-refractivity contribution in [1.82, 2.24) is 10.6 Å². The Kier molecular flexibility index (Phi) is 5.93. The first kappa shape index (κ1) is 18.5. The Balaban J connectivity index is 1.61. The quantitative estimate of drug-likeness (QED) is 0.857. The van der Waals surface area contributed by atoms with E-state index < -0.39 is 11.6 Å². The maximum absolute atomic E-state index is 13.6. The molecule has 3 rings (SSSR count). The zero-order valence-electron chi connectivity index (χ0n) is 14.3. The minimum absolute atomic E-state index is 0.0684. The Bertz CT molecular complexity index is 764. The first-order valence-electron chi connectivity index (χ1n) is 8.72. The molecular formula is C20H21F3N2O. The third-order valence-electron chi connectivity index (χ3n) is 4.75. The number of piperidine rings is 1. The summed E-state index contributed by atoms with van der Waals surface area (Å²) in [5.41, 5.74) is 1.58. The lowest BCUT2D eigenvalue weighted by Crippen LogP contribution is -2.50. The van der Waals surface area contributed by atoms with Gasteiger partial charge in [-0.05, 0) is 54.8 Å². The molecule has 2 unspecified atom stereocenters. The molecule has 138 valence electrons. The first-order chi connectivity index (χ1) is 12.5. The second-order valence-corrected chi connectivity index (χ2v) is 6.57. The molecule has 2 N–H and O–H groups in total. The van der Waals surface area contributed by atoms with Crippen molar-refractivity contribution in [2.24, 2.45) is 0 Å². The molecule has 2 aromatic rings. The van der Waals surface area contributed by atoms with Gasteiger partial charge in [0.1, 0.15) is 5.82 Å². The van der Waals surface area contributed by atoms with Crippen molar-refractivity contribution in [3.63, 3.8) is 0 Å². The Morgan fingerprint density at radius 2 is 1.85 bits per heavy atom. The summed E-state index contributed by atoms with van der Waals surface area (Å²) >= 11 is 0. The monoisotopic (exact) mass is 362 g/mol. The number of amides is 1. The third-order valence-corrected chi connectivity index (χ3v) is 4.75. The van der Waals surface area contributed by atoms with E-state index in [0.717, 1.165) is 24.6 Å². The first-order valence-corrected chi connectivity index (χ1v) is 8.72. The highest BCUT2D eigenvalue weighted by atomic mass is 19.2. The fourth-order valence-electron chi connectivity index (χ4n) is 3.34. The topological polar surface area (TPSA) is 41.1 Å². The van der Waals surface area contributed by atoms with Crippen molar-refractivity contribution in [2.45, 2.75) is 31.2 Å². The molecule has 0 bridgehead atoms. The molecule has 0 aliphatic carbocycles. The van der Waals surface area contributed by atoms with Crippen molar-refractivity contribution in [3.8, 4) is 0 Å². The number of carbonyl (C=O) groups is 1. The van der Waals surface area contributed by atoms with Gasteiger partial charge in [0.25, 0.3) is 0 Å².